The molecule has 1 aromatic rings. The molecular weight excluding hydrogens is 340 g/mol. The number of ether oxygens (including phenoxy) is 1. The number of benzene rings is 1. The SMILES string of the molecule is CC(Oc1ccccc1)C(=O)N1CCC(CSC2=NCCS2)CC1. The number of aliphatic imine (C=N–C) groups is 1. The van der Waals surface area contributed by atoms with E-state index in [2.05, 4.69) is 4.99 Å². The van der Waals surface area contributed by atoms with Gasteiger partial charge >= 0.3 is 0 Å². The number of para-hydroxylation sites is 1. The predicted molar refractivity (Wildman–Crippen MR) is 103 cm³/mol. The number of nitrogens with zero attached hydrogens (tertiary/aromatic N) is 2. The second kappa shape index (κ2) is 8.81. The molecule has 1 aromatic carbocycles. The average Bonchev–Trinajstić information content (AvgIpc) is 3.14. The molecule has 1 fully saturated rings. The molecule has 1 unspecified atom stereocenters. The lowest BCUT2D eigenvalue weighted by Gasteiger charge is -2.33. The largest absolute Gasteiger partial charge is 0.481 e. The number of amides is 1. The number of carbonyl (C=O) groups excluding carboxylic acids is 1. The Balaban J connectivity index is 1.41. The van der Waals surface area contributed by atoms with E-state index in [-0.39, 0.29) is 5.91 Å². The molecule has 2 aliphatic rings. The van der Waals surface area contributed by atoms with Gasteiger partial charge < -0.3 is 9.64 Å². The summed E-state index contributed by atoms with van der Waals surface area (Å²) in [6, 6.07) is 9.55. The molecule has 0 aliphatic carbocycles. The molecule has 0 radical (unpaired) electrons. The van der Waals surface area contributed by atoms with Gasteiger partial charge in [-0.3, -0.25) is 9.79 Å². The topological polar surface area (TPSA) is 41.9 Å². The minimum Gasteiger partial charge on any atom is -0.481 e. The van der Waals surface area contributed by atoms with Gasteiger partial charge in [-0.25, -0.2) is 0 Å². The van der Waals surface area contributed by atoms with Crippen molar-refractivity contribution >= 4 is 33.8 Å². The van der Waals surface area contributed by atoms with Gasteiger partial charge in [0.25, 0.3) is 5.91 Å². The van der Waals surface area contributed by atoms with Gasteiger partial charge in [-0.15, -0.1) is 0 Å². The number of likely N-dealkylation sites (tertiary alicyclic amines) is 1. The van der Waals surface area contributed by atoms with Gasteiger partial charge in [0.05, 0.1) is 6.54 Å². The van der Waals surface area contributed by atoms with Crippen LogP contribution in [0.15, 0.2) is 35.3 Å². The third-order valence-electron chi connectivity index (χ3n) is 4.33. The highest BCUT2D eigenvalue weighted by molar-refractivity contribution is 8.39. The summed E-state index contributed by atoms with van der Waals surface area (Å²) in [5, 5.41) is 0. The van der Waals surface area contributed by atoms with E-state index in [9.17, 15) is 4.79 Å². The summed E-state index contributed by atoms with van der Waals surface area (Å²) in [6.07, 6.45) is 1.73. The smallest absolute Gasteiger partial charge is 0.263 e. The van der Waals surface area contributed by atoms with Crippen molar-refractivity contribution in [3.8, 4) is 5.75 Å². The molecule has 2 aliphatic heterocycles. The molecule has 4 nitrogen and oxygen atoms in total. The van der Waals surface area contributed by atoms with Crippen molar-refractivity contribution in [1.82, 2.24) is 4.90 Å². The third-order valence-corrected chi connectivity index (χ3v) is 6.81. The summed E-state index contributed by atoms with van der Waals surface area (Å²) in [5.74, 6) is 3.80. The van der Waals surface area contributed by atoms with Gasteiger partial charge in [-0.1, -0.05) is 41.7 Å². The zero-order valence-corrected chi connectivity index (χ0v) is 15.7. The Morgan fingerprint density at radius 1 is 1.38 bits per heavy atom. The third kappa shape index (κ3) is 4.93. The summed E-state index contributed by atoms with van der Waals surface area (Å²) >= 11 is 3.77. The zero-order valence-electron chi connectivity index (χ0n) is 14.0. The summed E-state index contributed by atoms with van der Waals surface area (Å²) in [6.45, 7) is 4.49. The average molecular weight is 365 g/mol. The van der Waals surface area contributed by atoms with E-state index >= 15 is 0 Å². The molecule has 6 heteroatoms. The molecule has 130 valence electrons. The van der Waals surface area contributed by atoms with Crippen LogP contribution in [-0.4, -0.2) is 52.4 Å². The number of thioether (sulfide) groups is 2. The van der Waals surface area contributed by atoms with Crippen LogP contribution in [0.5, 0.6) is 5.75 Å². The van der Waals surface area contributed by atoms with Crippen LogP contribution < -0.4 is 4.74 Å². The molecule has 0 aromatic heterocycles. The predicted octanol–water partition coefficient (Wildman–Crippen LogP) is 3.53. The molecule has 0 saturated carbocycles. The zero-order chi connectivity index (χ0) is 16.8. The molecule has 1 atom stereocenters. The van der Waals surface area contributed by atoms with Gasteiger partial charge in [0.1, 0.15) is 10.1 Å². The fraction of sp³-hybridized carbons (Fsp3) is 0.556. The number of rotatable bonds is 5. The van der Waals surface area contributed by atoms with E-state index in [0.717, 1.165) is 49.7 Å². The van der Waals surface area contributed by atoms with Gasteiger partial charge in [0.2, 0.25) is 0 Å². The lowest BCUT2D eigenvalue weighted by atomic mass is 9.98. The van der Waals surface area contributed by atoms with Crippen molar-refractivity contribution in [2.24, 2.45) is 10.9 Å². The Hall–Kier alpha value is -1.14. The van der Waals surface area contributed by atoms with Crippen LogP contribution in [0.1, 0.15) is 19.8 Å². The standard InChI is InChI=1S/C18H24N2O2S2/c1-14(22-16-5-3-2-4-6-16)17(21)20-10-7-15(8-11-20)13-24-18-19-9-12-23-18/h2-6,14-15H,7-13H2,1H3. The molecule has 1 saturated heterocycles. The second-order valence-electron chi connectivity index (χ2n) is 6.15. The molecule has 0 bridgehead atoms. The maximum atomic E-state index is 12.5. The van der Waals surface area contributed by atoms with Crippen molar-refractivity contribution < 1.29 is 9.53 Å². The van der Waals surface area contributed by atoms with Gasteiger partial charge in [0.15, 0.2) is 6.10 Å². The van der Waals surface area contributed by atoms with E-state index in [0.29, 0.717) is 5.92 Å². The highest BCUT2D eigenvalue weighted by Gasteiger charge is 2.27. The molecule has 0 N–H and O–H groups in total. The summed E-state index contributed by atoms with van der Waals surface area (Å²) in [5.41, 5.74) is 0. The Morgan fingerprint density at radius 2 is 2.12 bits per heavy atom. The van der Waals surface area contributed by atoms with Crippen LogP contribution in [0.25, 0.3) is 0 Å². The first-order valence-corrected chi connectivity index (χ1v) is 10.5. The first-order valence-electron chi connectivity index (χ1n) is 8.53. The lowest BCUT2D eigenvalue weighted by molar-refractivity contribution is -0.139. The molecular formula is C18H24N2O2S2. The highest BCUT2D eigenvalue weighted by Crippen LogP contribution is 2.28. The van der Waals surface area contributed by atoms with Crippen LogP contribution in [0, 0.1) is 5.92 Å². The number of carbonyl (C=O) groups is 1. The minimum absolute atomic E-state index is 0.0979. The van der Waals surface area contributed by atoms with E-state index in [4.69, 9.17) is 4.74 Å². The highest BCUT2D eigenvalue weighted by atomic mass is 32.2. The quantitative estimate of drug-likeness (QED) is 0.801. The summed E-state index contributed by atoms with van der Waals surface area (Å²) < 4.78 is 7.01. The fourth-order valence-corrected chi connectivity index (χ4v) is 5.14. The lowest BCUT2D eigenvalue weighted by Crippen LogP contribution is -2.45. The Labute approximate surface area is 152 Å². The van der Waals surface area contributed by atoms with Crippen molar-refractivity contribution in [1.29, 1.82) is 0 Å². The number of piperidine rings is 1. The van der Waals surface area contributed by atoms with Crippen molar-refractivity contribution in [2.45, 2.75) is 25.9 Å². The van der Waals surface area contributed by atoms with Crippen LogP contribution in [0.4, 0.5) is 0 Å². The first kappa shape index (κ1) is 17.7. The van der Waals surface area contributed by atoms with Gasteiger partial charge in [0, 0.05) is 24.6 Å². The van der Waals surface area contributed by atoms with E-state index < -0.39 is 6.10 Å². The Morgan fingerprint density at radius 3 is 2.79 bits per heavy atom. The van der Waals surface area contributed by atoms with Crippen molar-refractivity contribution in [3.63, 3.8) is 0 Å². The van der Waals surface area contributed by atoms with E-state index in [1.807, 2.05) is 65.7 Å². The van der Waals surface area contributed by atoms with E-state index in [1.54, 1.807) is 0 Å². The maximum Gasteiger partial charge on any atom is 0.263 e. The van der Waals surface area contributed by atoms with Crippen molar-refractivity contribution in [2.75, 3.05) is 31.1 Å². The van der Waals surface area contributed by atoms with E-state index in [1.165, 1.54) is 4.38 Å². The Bertz CT molecular complexity index is 572. The van der Waals surface area contributed by atoms with Gasteiger partial charge in [-0.05, 0) is 37.8 Å². The summed E-state index contributed by atoms with van der Waals surface area (Å²) in [7, 11) is 0. The second-order valence-corrected chi connectivity index (χ2v) is 8.50. The van der Waals surface area contributed by atoms with Crippen LogP contribution >= 0.6 is 23.5 Å². The molecule has 3 rings (SSSR count). The van der Waals surface area contributed by atoms with Crippen LogP contribution in [0.3, 0.4) is 0 Å². The van der Waals surface area contributed by atoms with Crippen LogP contribution in [0.2, 0.25) is 0 Å². The van der Waals surface area contributed by atoms with Gasteiger partial charge in [-0.2, -0.15) is 0 Å². The normalized spacial score (nSPS) is 19.9. The fourth-order valence-electron chi connectivity index (χ4n) is 2.92. The number of hydrogen-bond acceptors (Lipinski definition) is 5. The molecule has 24 heavy (non-hydrogen) atoms. The van der Waals surface area contributed by atoms with Crippen LogP contribution in [-0.2, 0) is 4.79 Å². The summed E-state index contributed by atoms with van der Waals surface area (Å²) in [4.78, 5) is 19.0. The monoisotopic (exact) mass is 364 g/mol. The first-order chi connectivity index (χ1) is 11.7. The Kier molecular flexibility index (Phi) is 6.49. The number of hydrogen-bond donors (Lipinski definition) is 0. The molecule has 0 spiro atoms. The maximum absolute atomic E-state index is 12.5. The molecule has 1 amide bonds. The molecule has 2 heterocycles. The van der Waals surface area contributed by atoms with Crippen molar-refractivity contribution in [3.05, 3.63) is 30.3 Å². The minimum atomic E-state index is -0.428.